The number of para-hydroxylation sites is 1. The van der Waals surface area contributed by atoms with Gasteiger partial charge in [-0.1, -0.05) is 24.3 Å². The van der Waals surface area contributed by atoms with E-state index < -0.39 is 0 Å². The number of rotatable bonds is 5. The Morgan fingerprint density at radius 3 is 2.72 bits per heavy atom. The summed E-state index contributed by atoms with van der Waals surface area (Å²) in [5, 5.41) is 9.88. The SMILES string of the molecule is O=c1cccc2n1[C@@H](CO)[C@H]1C[C@@H]2CN(CCOc2ccccc2)C1. The van der Waals surface area contributed by atoms with Crippen LogP contribution < -0.4 is 10.3 Å². The van der Waals surface area contributed by atoms with Gasteiger partial charge in [-0.25, -0.2) is 0 Å². The zero-order valence-corrected chi connectivity index (χ0v) is 14.3. The maximum atomic E-state index is 12.3. The summed E-state index contributed by atoms with van der Waals surface area (Å²) in [5.74, 6) is 1.56. The van der Waals surface area contributed by atoms with Crippen LogP contribution in [0.15, 0.2) is 53.3 Å². The second-order valence-corrected chi connectivity index (χ2v) is 7.02. The van der Waals surface area contributed by atoms with E-state index in [0.717, 1.165) is 37.5 Å². The highest BCUT2D eigenvalue weighted by molar-refractivity contribution is 5.21. The first kappa shape index (κ1) is 16.4. The van der Waals surface area contributed by atoms with Crippen molar-refractivity contribution in [1.82, 2.24) is 9.47 Å². The first-order valence-corrected chi connectivity index (χ1v) is 8.99. The van der Waals surface area contributed by atoms with E-state index in [2.05, 4.69) is 4.90 Å². The molecule has 2 aliphatic rings. The third-order valence-electron chi connectivity index (χ3n) is 5.48. The zero-order chi connectivity index (χ0) is 17.2. The van der Waals surface area contributed by atoms with Crippen LogP contribution in [0.1, 0.15) is 24.1 Å². The number of fused-ring (bicyclic) bond motifs is 4. The van der Waals surface area contributed by atoms with Crippen LogP contribution >= 0.6 is 0 Å². The summed E-state index contributed by atoms with van der Waals surface area (Å²) in [7, 11) is 0. The first-order chi connectivity index (χ1) is 12.3. The number of piperidine rings is 1. The smallest absolute Gasteiger partial charge is 0.251 e. The molecule has 1 N–H and O–H groups in total. The van der Waals surface area contributed by atoms with E-state index in [-0.39, 0.29) is 18.2 Å². The van der Waals surface area contributed by atoms with E-state index in [9.17, 15) is 9.90 Å². The number of hydrogen-bond donors (Lipinski definition) is 1. The Bertz CT molecular complexity index is 774. The quantitative estimate of drug-likeness (QED) is 0.903. The molecule has 0 amide bonds. The second-order valence-electron chi connectivity index (χ2n) is 7.02. The zero-order valence-electron chi connectivity index (χ0n) is 14.3. The Morgan fingerprint density at radius 2 is 1.92 bits per heavy atom. The Morgan fingerprint density at radius 1 is 1.08 bits per heavy atom. The summed E-state index contributed by atoms with van der Waals surface area (Å²) < 4.78 is 7.66. The highest BCUT2D eigenvalue weighted by Gasteiger charge is 2.39. The maximum absolute atomic E-state index is 12.3. The summed E-state index contributed by atoms with van der Waals surface area (Å²) in [6, 6.07) is 15.2. The number of likely N-dealkylation sites (tertiary alicyclic amines) is 1. The van der Waals surface area contributed by atoms with Crippen molar-refractivity contribution in [3.05, 3.63) is 64.6 Å². The summed E-state index contributed by atoms with van der Waals surface area (Å²) in [4.78, 5) is 14.7. The molecule has 0 aliphatic carbocycles. The highest BCUT2D eigenvalue weighted by Crippen LogP contribution is 2.40. The number of aliphatic hydroxyl groups is 1. The molecule has 4 rings (SSSR count). The van der Waals surface area contributed by atoms with Crippen molar-refractivity contribution in [2.75, 3.05) is 32.8 Å². The predicted molar refractivity (Wildman–Crippen MR) is 96.0 cm³/mol. The fourth-order valence-electron chi connectivity index (χ4n) is 4.36. The summed E-state index contributed by atoms with van der Waals surface area (Å²) >= 11 is 0. The van der Waals surface area contributed by atoms with Gasteiger partial charge in [0, 0.05) is 37.3 Å². The standard InChI is InChI=1S/C20H24N2O3/c23-14-19-16-11-15(18-7-4-8-20(24)22(18)19)12-21(13-16)9-10-25-17-5-2-1-3-6-17/h1-8,15-16,19,23H,9-14H2/t15-,16+,19+/m1/s1. The minimum Gasteiger partial charge on any atom is -0.492 e. The van der Waals surface area contributed by atoms with E-state index in [4.69, 9.17) is 4.74 Å². The van der Waals surface area contributed by atoms with Gasteiger partial charge < -0.3 is 14.4 Å². The van der Waals surface area contributed by atoms with Crippen LogP contribution in [0.25, 0.3) is 0 Å². The molecule has 0 unspecified atom stereocenters. The van der Waals surface area contributed by atoms with Gasteiger partial charge in [0.1, 0.15) is 12.4 Å². The minimum absolute atomic E-state index is 0.00658. The molecule has 5 nitrogen and oxygen atoms in total. The molecule has 2 aromatic rings. The molecule has 3 atom stereocenters. The Kier molecular flexibility index (Phi) is 4.59. The van der Waals surface area contributed by atoms with Crippen molar-refractivity contribution in [1.29, 1.82) is 0 Å². The van der Waals surface area contributed by atoms with Crippen LogP contribution in [-0.4, -0.2) is 47.4 Å². The molecule has 3 heterocycles. The van der Waals surface area contributed by atoms with E-state index in [0.29, 0.717) is 18.4 Å². The van der Waals surface area contributed by atoms with Crippen molar-refractivity contribution in [2.24, 2.45) is 5.92 Å². The lowest BCUT2D eigenvalue weighted by Crippen LogP contribution is -2.51. The van der Waals surface area contributed by atoms with Gasteiger partial charge in [-0.15, -0.1) is 0 Å². The van der Waals surface area contributed by atoms with E-state index in [1.165, 1.54) is 0 Å². The molecule has 2 aliphatic heterocycles. The average molecular weight is 340 g/mol. The fraction of sp³-hybridized carbons (Fsp3) is 0.450. The Labute approximate surface area is 147 Å². The molecule has 0 saturated carbocycles. The Hall–Kier alpha value is -2.11. The van der Waals surface area contributed by atoms with Gasteiger partial charge in [0.2, 0.25) is 0 Å². The van der Waals surface area contributed by atoms with Gasteiger partial charge in [-0.2, -0.15) is 0 Å². The maximum Gasteiger partial charge on any atom is 0.251 e. The van der Waals surface area contributed by atoms with E-state index >= 15 is 0 Å². The van der Waals surface area contributed by atoms with Gasteiger partial charge in [-0.05, 0) is 30.5 Å². The van der Waals surface area contributed by atoms with Crippen molar-refractivity contribution >= 4 is 0 Å². The molecule has 0 spiro atoms. The van der Waals surface area contributed by atoms with Crippen LogP contribution in [0.5, 0.6) is 5.75 Å². The van der Waals surface area contributed by atoms with Gasteiger partial charge in [-0.3, -0.25) is 9.69 Å². The second kappa shape index (κ2) is 7.02. The summed E-state index contributed by atoms with van der Waals surface area (Å²) in [5.41, 5.74) is 1.07. The lowest BCUT2D eigenvalue weighted by molar-refractivity contribution is 0.0551. The molecule has 5 heteroatoms. The van der Waals surface area contributed by atoms with Crippen molar-refractivity contribution in [2.45, 2.75) is 18.4 Å². The molecule has 0 radical (unpaired) electrons. The van der Waals surface area contributed by atoms with Crippen molar-refractivity contribution in [3.8, 4) is 5.75 Å². The van der Waals surface area contributed by atoms with Gasteiger partial charge in [0.25, 0.3) is 5.56 Å². The summed E-state index contributed by atoms with van der Waals surface area (Å²) in [6.45, 7) is 3.37. The largest absolute Gasteiger partial charge is 0.492 e. The van der Waals surface area contributed by atoms with Crippen LogP contribution in [0.4, 0.5) is 0 Å². The monoisotopic (exact) mass is 340 g/mol. The van der Waals surface area contributed by atoms with Gasteiger partial charge in [0.05, 0.1) is 12.6 Å². The lowest BCUT2D eigenvalue weighted by Gasteiger charge is -2.46. The molecular formula is C20H24N2O3. The molecule has 1 aromatic carbocycles. The predicted octanol–water partition coefficient (Wildman–Crippen LogP) is 1.88. The van der Waals surface area contributed by atoms with Gasteiger partial charge >= 0.3 is 0 Å². The number of ether oxygens (including phenoxy) is 1. The molecule has 25 heavy (non-hydrogen) atoms. The van der Waals surface area contributed by atoms with Crippen LogP contribution in [0, 0.1) is 5.92 Å². The lowest BCUT2D eigenvalue weighted by atomic mass is 9.78. The van der Waals surface area contributed by atoms with Crippen molar-refractivity contribution < 1.29 is 9.84 Å². The van der Waals surface area contributed by atoms with Crippen LogP contribution in [0.3, 0.4) is 0 Å². The summed E-state index contributed by atoms with van der Waals surface area (Å²) in [6.07, 6.45) is 1.05. The number of aromatic nitrogens is 1. The topological polar surface area (TPSA) is 54.7 Å². The normalized spacial score (nSPS) is 25.4. The molecule has 132 valence electrons. The van der Waals surface area contributed by atoms with E-state index in [1.807, 2.05) is 47.0 Å². The molecular weight excluding hydrogens is 316 g/mol. The number of hydrogen-bond acceptors (Lipinski definition) is 4. The van der Waals surface area contributed by atoms with E-state index in [1.54, 1.807) is 6.07 Å². The van der Waals surface area contributed by atoms with Crippen LogP contribution in [-0.2, 0) is 0 Å². The minimum atomic E-state index is -0.113. The van der Waals surface area contributed by atoms with Crippen LogP contribution in [0.2, 0.25) is 0 Å². The third kappa shape index (κ3) is 3.22. The number of nitrogens with zero attached hydrogens (tertiary/aromatic N) is 2. The van der Waals surface area contributed by atoms with Crippen molar-refractivity contribution in [3.63, 3.8) is 0 Å². The highest BCUT2D eigenvalue weighted by atomic mass is 16.5. The fourth-order valence-corrected chi connectivity index (χ4v) is 4.36. The first-order valence-electron chi connectivity index (χ1n) is 8.99. The molecule has 2 bridgehead atoms. The molecule has 1 saturated heterocycles. The average Bonchev–Trinajstić information content (AvgIpc) is 2.64. The number of aliphatic hydroxyl groups excluding tert-OH is 1. The van der Waals surface area contributed by atoms with Gasteiger partial charge in [0.15, 0.2) is 0 Å². The molecule has 1 fully saturated rings. The Balaban J connectivity index is 1.46. The molecule has 1 aromatic heterocycles. The number of pyridine rings is 1. The number of benzene rings is 1. The third-order valence-corrected chi connectivity index (χ3v) is 5.48.